The van der Waals surface area contributed by atoms with E-state index in [9.17, 15) is 0 Å². The summed E-state index contributed by atoms with van der Waals surface area (Å²) in [5.74, 6) is 0. The van der Waals surface area contributed by atoms with Gasteiger partial charge in [0, 0.05) is 11.8 Å². The molecular formula is C25H29N. The van der Waals surface area contributed by atoms with E-state index < -0.39 is 0 Å². The third-order valence-electron chi connectivity index (χ3n) is 4.92. The summed E-state index contributed by atoms with van der Waals surface area (Å²) in [7, 11) is 0. The molecule has 1 heteroatoms. The number of unbranched alkanes of at least 4 members (excludes halogenated alkanes) is 2. The van der Waals surface area contributed by atoms with Gasteiger partial charge in [-0.15, -0.1) is 0 Å². The van der Waals surface area contributed by atoms with Gasteiger partial charge in [-0.05, 0) is 72.2 Å². The first-order valence-corrected chi connectivity index (χ1v) is 9.96. The average Bonchev–Trinajstić information content (AvgIpc) is 2.71. The molecule has 0 N–H and O–H groups in total. The summed E-state index contributed by atoms with van der Waals surface area (Å²) in [5, 5.41) is 0. The van der Waals surface area contributed by atoms with Crippen molar-refractivity contribution in [1.29, 1.82) is 0 Å². The highest BCUT2D eigenvalue weighted by molar-refractivity contribution is 5.76. The smallest absolute Gasteiger partial charge is 0.0702 e. The molecule has 1 nitrogen and oxygen atoms in total. The highest BCUT2D eigenvalue weighted by atomic mass is 14.7. The minimum atomic E-state index is 1.07. The molecule has 0 aliphatic heterocycles. The summed E-state index contributed by atoms with van der Waals surface area (Å²) in [5.41, 5.74) is 8.05. The zero-order valence-electron chi connectivity index (χ0n) is 16.0. The van der Waals surface area contributed by atoms with Gasteiger partial charge in [0.1, 0.15) is 0 Å². The van der Waals surface area contributed by atoms with Crippen LogP contribution in [0.1, 0.15) is 50.7 Å². The van der Waals surface area contributed by atoms with Gasteiger partial charge in [-0.1, -0.05) is 63.1 Å². The van der Waals surface area contributed by atoms with Crippen LogP contribution in [0, 0.1) is 0 Å². The topological polar surface area (TPSA) is 12.9 Å². The molecule has 26 heavy (non-hydrogen) atoms. The first kappa shape index (κ1) is 18.4. The van der Waals surface area contributed by atoms with E-state index in [1.807, 2.05) is 12.3 Å². The van der Waals surface area contributed by atoms with Gasteiger partial charge in [0.25, 0.3) is 0 Å². The molecule has 0 aliphatic rings. The Bertz CT molecular complexity index is 777. The molecule has 0 saturated carbocycles. The average molecular weight is 344 g/mol. The predicted molar refractivity (Wildman–Crippen MR) is 112 cm³/mol. The van der Waals surface area contributed by atoms with Crippen molar-refractivity contribution in [1.82, 2.24) is 4.98 Å². The minimum absolute atomic E-state index is 1.07. The minimum Gasteiger partial charge on any atom is -0.256 e. The molecule has 0 bridgehead atoms. The molecule has 0 fully saturated rings. The van der Waals surface area contributed by atoms with Gasteiger partial charge in [-0.3, -0.25) is 4.98 Å². The Morgan fingerprint density at radius 3 is 1.85 bits per heavy atom. The second kappa shape index (κ2) is 9.33. The Labute approximate surface area is 158 Å². The highest BCUT2D eigenvalue weighted by Crippen LogP contribution is 2.34. The number of hydrogen-bond donors (Lipinski definition) is 0. The van der Waals surface area contributed by atoms with Crippen molar-refractivity contribution in [2.24, 2.45) is 0 Å². The van der Waals surface area contributed by atoms with Crippen molar-refractivity contribution in [2.45, 2.75) is 52.4 Å². The second-order valence-electron chi connectivity index (χ2n) is 6.96. The Morgan fingerprint density at radius 1 is 0.692 bits per heavy atom. The standard InChI is InChI=1S/C25H29N/c1-3-5-12-21-18-23(24-16-10-11-17-26-24)19-22(13-6-4-2)25(21)20-14-8-7-9-15-20/h7-11,14-19H,3-6,12-13H2,1-2H3. The lowest BCUT2D eigenvalue weighted by Gasteiger charge is -2.18. The van der Waals surface area contributed by atoms with Crippen molar-refractivity contribution >= 4 is 0 Å². The Balaban J connectivity index is 2.16. The van der Waals surface area contributed by atoms with Crippen LogP contribution in [0.4, 0.5) is 0 Å². The fraction of sp³-hybridized carbons (Fsp3) is 0.320. The van der Waals surface area contributed by atoms with Gasteiger partial charge >= 0.3 is 0 Å². The van der Waals surface area contributed by atoms with Gasteiger partial charge in [0.05, 0.1) is 5.69 Å². The third-order valence-corrected chi connectivity index (χ3v) is 4.92. The van der Waals surface area contributed by atoms with E-state index in [4.69, 9.17) is 0 Å². The van der Waals surface area contributed by atoms with Crippen LogP contribution in [0.2, 0.25) is 0 Å². The summed E-state index contributed by atoms with van der Waals surface area (Å²) < 4.78 is 0. The summed E-state index contributed by atoms with van der Waals surface area (Å²) >= 11 is 0. The first-order valence-electron chi connectivity index (χ1n) is 9.96. The summed E-state index contributed by atoms with van der Waals surface area (Å²) in [6.07, 6.45) is 9.01. The third kappa shape index (κ3) is 4.40. The predicted octanol–water partition coefficient (Wildman–Crippen LogP) is 7.10. The van der Waals surface area contributed by atoms with E-state index >= 15 is 0 Å². The lowest BCUT2D eigenvalue weighted by molar-refractivity contribution is 0.783. The van der Waals surface area contributed by atoms with Crippen LogP contribution in [0.3, 0.4) is 0 Å². The van der Waals surface area contributed by atoms with E-state index in [2.05, 4.69) is 73.4 Å². The van der Waals surface area contributed by atoms with Crippen molar-refractivity contribution < 1.29 is 0 Å². The molecule has 0 saturated heterocycles. The molecule has 134 valence electrons. The van der Waals surface area contributed by atoms with Gasteiger partial charge < -0.3 is 0 Å². The molecule has 0 unspecified atom stereocenters. The highest BCUT2D eigenvalue weighted by Gasteiger charge is 2.14. The van der Waals surface area contributed by atoms with Crippen LogP contribution in [0.25, 0.3) is 22.4 Å². The van der Waals surface area contributed by atoms with E-state index in [-0.39, 0.29) is 0 Å². The summed E-state index contributed by atoms with van der Waals surface area (Å²) in [4.78, 5) is 4.59. The second-order valence-corrected chi connectivity index (χ2v) is 6.96. The van der Waals surface area contributed by atoms with E-state index in [0.717, 1.165) is 18.5 Å². The largest absolute Gasteiger partial charge is 0.256 e. The molecular weight excluding hydrogens is 314 g/mol. The van der Waals surface area contributed by atoms with Crippen LogP contribution in [-0.4, -0.2) is 4.98 Å². The van der Waals surface area contributed by atoms with Crippen LogP contribution >= 0.6 is 0 Å². The number of rotatable bonds is 8. The fourth-order valence-electron chi connectivity index (χ4n) is 3.55. The fourth-order valence-corrected chi connectivity index (χ4v) is 3.55. The van der Waals surface area contributed by atoms with Crippen LogP contribution in [0.15, 0.2) is 66.9 Å². The maximum atomic E-state index is 4.59. The number of benzene rings is 2. The van der Waals surface area contributed by atoms with Crippen LogP contribution in [0.5, 0.6) is 0 Å². The molecule has 0 radical (unpaired) electrons. The van der Waals surface area contributed by atoms with Crippen molar-refractivity contribution in [3.05, 3.63) is 78.0 Å². The number of nitrogens with zero attached hydrogens (tertiary/aromatic N) is 1. The Morgan fingerprint density at radius 2 is 1.31 bits per heavy atom. The van der Waals surface area contributed by atoms with Gasteiger partial charge in [-0.2, -0.15) is 0 Å². The molecule has 1 aromatic heterocycles. The Kier molecular flexibility index (Phi) is 6.60. The van der Waals surface area contributed by atoms with Crippen molar-refractivity contribution in [3.8, 4) is 22.4 Å². The molecule has 0 spiro atoms. The van der Waals surface area contributed by atoms with E-state index in [1.54, 1.807) is 0 Å². The van der Waals surface area contributed by atoms with Crippen LogP contribution in [-0.2, 0) is 12.8 Å². The molecule has 2 aromatic carbocycles. The Hall–Kier alpha value is -2.41. The van der Waals surface area contributed by atoms with E-state index in [1.165, 1.54) is 53.5 Å². The van der Waals surface area contributed by atoms with Crippen molar-refractivity contribution in [2.75, 3.05) is 0 Å². The molecule has 3 rings (SSSR count). The van der Waals surface area contributed by atoms with Gasteiger partial charge in [0.15, 0.2) is 0 Å². The number of aryl methyl sites for hydroxylation is 2. The number of pyridine rings is 1. The summed E-state index contributed by atoms with van der Waals surface area (Å²) in [6.45, 7) is 4.53. The normalized spacial score (nSPS) is 10.8. The zero-order valence-corrected chi connectivity index (χ0v) is 16.0. The first-order chi connectivity index (χ1) is 12.8. The molecule has 0 aliphatic carbocycles. The van der Waals surface area contributed by atoms with Gasteiger partial charge in [-0.25, -0.2) is 0 Å². The lowest BCUT2D eigenvalue weighted by Crippen LogP contribution is -1.99. The lowest BCUT2D eigenvalue weighted by atomic mass is 9.87. The monoisotopic (exact) mass is 343 g/mol. The molecule has 1 heterocycles. The number of aromatic nitrogens is 1. The van der Waals surface area contributed by atoms with Crippen molar-refractivity contribution in [3.63, 3.8) is 0 Å². The zero-order chi connectivity index (χ0) is 18.2. The molecule has 0 atom stereocenters. The SMILES string of the molecule is CCCCc1cc(-c2ccccn2)cc(CCCC)c1-c1ccccc1. The van der Waals surface area contributed by atoms with Crippen LogP contribution < -0.4 is 0 Å². The van der Waals surface area contributed by atoms with Gasteiger partial charge in [0.2, 0.25) is 0 Å². The summed E-state index contributed by atoms with van der Waals surface area (Å²) in [6, 6.07) is 21.8. The quantitative estimate of drug-likeness (QED) is 0.425. The molecule has 0 amide bonds. The molecule has 3 aromatic rings. The maximum Gasteiger partial charge on any atom is 0.0702 e. The number of hydrogen-bond acceptors (Lipinski definition) is 1. The van der Waals surface area contributed by atoms with E-state index in [0.29, 0.717) is 0 Å². The maximum absolute atomic E-state index is 4.59.